The van der Waals surface area contributed by atoms with E-state index in [1.54, 1.807) is 31.2 Å². The molecule has 0 aliphatic carbocycles. The molecule has 14 heavy (non-hydrogen) atoms. The second kappa shape index (κ2) is 4.91. The Bertz CT molecular complexity index is 334. The molecule has 0 amide bonds. The number of benzene rings is 1. The molecule has 0 unspecified atom stereocenters. The van der Waals surface area contributed by atoms with Gasteiger partial charge in [-0.1, -0.05) is 25.1 Å². The summed E-state index contributed by atoms with van der Waals surface area (Å²) in [5, 5.41) is 8.00. The first-order valence-electron chi connectivity index (χ1n) is 4.35. The molecule has 1 N–H and O–H groups in total. The molecule has 0 saturated heterocycles. The molecule has 0 aliphatic heterocycles. The lowest BCUT2D eigenvalue weighted by Gasteiger charge is -2.08. The third-order valence-electron chi connectivity index (χ3n) is 1.88. The summed E-state index contributed by atoms with van der Waals surface area (Å²) in [7, 11) is -1.45. The summed E-state index contributed by atoms with van der Waals surface area (Å²) in [6.07, 6.45) is 0.372. The molecule has 0 heterocycles. The minimum atomic E-state index is -1.45. The maximum atomic E-state index is 11.7. The van der Waals surface area contributed by atoms with Gasteiger partial charge in [0.25, 0.3) is 0 Å². The zero-order chi connectivity index (χ0) is 10.6. The Labute approximate surface area is 85.2 Å². The van der Waals surface area contributed by atoms with Gasteiger partial charge in [-0.15, -0.1) is 0 Å². The fourth-order valence-corrected chi connectivity index (χ4v) is 2.38. The van der Waals surface area contributed by atoms with Crippen LogP contribution in [0.25, 0.3) is 0 Å². The summed E-state index contributed by atoms with van der Waals surface area (Å²) >= 11 is 0. The standard InChI is InChI=1S/C10H12O3S/c1-2-9(10(11)12)14(13)8-6-4-3-5-7-8/h3-7,9H,2H2,1H3,(H,11,12)/t9-,14+/m0/s1. The predicted octanol–water partition coefficient (Wildman–Crippen LogP) is 1.66. The maximum absolute atomic E-state index is 11.7. The van der Waals surface area contributed by atoms with Crippen molar-refractivity contribution in [3.05, 3.63) is 30.3 Å². The van der Waals surface area contributed by atoms with E-state index in [1.807, 2.05) is 6.07 Å². The highest BCUT2D eigenvalue weighted by molar-refractivity contribution is 7.86. The third-order valence-corrected chi connectivity index (χ3v) is 3.67. The smallest absolute Gasteiger partial charge is 0.319 e. The normalized spacial score (nSPS) is 14.6. The van der Waals surface area contributed by atoms with Crippen molar-refractivity contribution >= 4 is 16.8 Å². The Balaban J connectivity index is 2.89. The van der Waals surface area contributed by atoms with Crippen LogP contribution in [0.15, 0.2) is 35.2 Å². The Kier molecular flexibility index (Phi) is 3.83. The van der Waals surface area contributed by atoms with E-state index in [9.17, 15) is 9.00 Å². The Morgan fingerprint density at radius 1 is 1.43 bits per heavy atom. The quantitative estimate of drug-likeness (QED) is 0.825. The molecule has 0 spiro atoms. The van der Waals surface area contributed by atoms with Crippen LogP contribution in [0.5, 0.6) is 0 Å². The molecule has 0 fully saturated rings. The van der Waals surface area contributed by atoms with Crippen molar-refractivity contribution in [2.45, 2.75) is 23.5 Å². The van der Waals surface area contributed by atoms with Gasteiger partial charge < -0.3 is 5.11 Å². The Morgan fingerprint density at radius 2 is 2.00 bits per heavy atom. The van der Waals surface area contributed by atoms with E-state index in [2.05, 4.69) is 0 Å². The first-order valence-corrected chi connectivity index (χ1v) is 5.56. The number of hydrogen-bond acceptors (Lipinski definition) is 2. The largest absolute Gasteiger partial charge is 0.480 e. The van der Waals surface area contributed by atoms with E-state index in [1.165, 1.54) is 0 Å². The SMILES string of the molecule is CC[C@@H](C(=O)O)[S@](=O)c1ccccc1. The van der Waals surface area contributed by atoms with Crippen molar-refractivity contribution in [2.75, 3.05) is 0 Å². The zero-order valence-electron chi connectivity index (χ0n) is 7.84. The van der Waals surface area contributed by atoms with Gasteiger partial charge in [-0.3, -0.25) is 9.00 Å². The highest BCUT2D eigenvalue weighted by Crippen LogP contribution is 2.13. The second-order valence-electron chi connectivity index (χ2n) is 2.85. The number of hydrogen-bond donors (Lipinski definition) is 1. The van der Waals surface area contributed by atoms with E-state index < -0.39 is 22.0 Å². The lowest BCUT2D eigenvalue weighted by Crippen LogP contribution is -2.24. The van der Waals surface area contributed by atoms with Crippen LogP contribution in [0.2, 0.25) is 0 Å². The second-order valence-corrected chi connectivity index (χ2v) is 4.48. The lowest BCUT2D eigenvalue weighted by molar-refractivity contribution is -0.136. The van der Waals surface area contributed by atoms with Gasteiger partial charge in [0.2, 0.25) is 0 Å². The van der Waals surface area contributed by atoms with Gasteiger partial charge in [0.05, 0.1) is 10.8 Å². The van der Waals surface area contributed by atoms with Crippen LogP contribution < -0.4 is 0 Å². The van der Waals surface area contributed by atoms with Crippen LogP contribution in [0.3, 0.4) is 0 Å². The molecule has 1 rings (SSSR count). The average molecular weight is 212 g/mol. The number of carboxylic acids is 1. The fourth-order valence-electron chi connectivity index (χ4n) is 1.14. The van der Waals surface area contributed by atoms with Gasteiger partial charge in [0, 0.05) is 4.90 Å². The zero-order valence-corrected chi connectivity index (χ0v) is 8.66. The molecule has 3 nitrogen and oxygen atoms in total. The van der Waals surface area contributed by atoms with Crippen molar-refractivity contribution < 1.29 is 14.1 Å². The van der Waals surface area contributed by atoms with Crippen LogP contribution in [0, 0.1) is 0 Å². The molecule has 1 aromatic rings. The van der Waals surface area contributed by atoms with E-state index in [-0.39, 0.29) is 0 Å². The van der Waals surface area contributed by atoms with Gasteiger partial charge in [-0.2, -0.15) is 0 Å². The third kappa shape index (κ3) is 2.42. The van der Waals surface area contributed by atoms with Crippen molar-refractivity contribution in [1.29, 1.82) is 0 Å². The van der Waals surface area contributed by atoms with E-state index in [4.69, 9.17) is 5.11 Å². The number of carboxylic acid groups (broad SMARTS) is 1. The summed E-state index contributed by atoms with van der Waals surface area (Å²) in [5.41, 5.74) is 0. The molecule has 76 valence electrons. The van der Waals surface area contributed by atoms with Gasteiger partial charge in [0.1, 0.15) is 5.25 Å². The first-order chi connectivity index (χ1) is 6.66. The van der Waals surface area contributed by atoms with Crippen LogP contribution >= 0.6 is 0 Å². The highest BCUT2D eigenvalue weighted by Gasteiger charge is 2.23. The van der Waals surface area contributed by atoms with E-state index in [0.717, 1.165) is 0 Å². The van der Waals surface area contributed by atoms with E-state index in [0.29, 0.717) is 11.3 Å². The Morgan fingerprint density at radius 3 is 2.43 bits per heavy atom. The van der Waals surface area contributed by atoms with Crippen LogP contribution in [0.1, 0.15) is 13.3 Å². The summed E-state index contributed by atoms with van der Waals surface area (Å²) in [6, 6.07) is 8.68. The highest BCUT2D eigenvalue weighted by atomic mass is 32.2. The number of carbonyl (C=O) groups is 1. The van der Waals surface area contributed by atoms with Gasteiger partial charge >= 0.3 is 5.97 Å². The lowest BCUT2D eigenvalue weighted by atomic mass is 10.3. The van der Waals surface area contributed by atoms with Crippen LogP contribution in [-0.4, -0.2) is 20.5 Å². The predicted molar refractivity (Wildman–Crippen MR) is 54.6 cm³/mol. The van der Waals surface area contributed by atoms with Gasteiger partial charge in [-0.05, 0) is 18.6 Å². The minimum absolute atomic E-state index is 0.372. The number of rotatable bonds is 4. The fraction of sp³-hybridized carbons (Fsp3) is 0.300. The molecule has 0 radical (unpaired) electrons. The van der Waals surface area contributed by atoms with Crippen molar-refractivity contribution in [2.24, 2.45) is 0 Å². The first kappa shape index (κ1) is 10.9. The maximum Gasteiger partial charge on any atom is 0.319 e. The van der Waals surface area contributed by atoms with Crippen molar-refractivity contribution in [3.8, 4) is 0 Å². The molecular formula is C10H12O3S. The molecular weight excluding hydrogens is 200 g/mol. The van der Waals surface area contributed by atoms with Crippen LogP contribution in [-0.2, 0) is 15.6 Å². The molecule has 4 heteroatoms. The van der Waals surface area contributed by atoms with Crippen LogP contribution in [0.4, 0.5) is 0 Å². The molecule has 0 aliphatic rings. The summed E-state index contributed by atoms with van der Waals surface area (Å²) < 4.78 is 11.7. The number of aliphatic carboxylic acids is 1. The van der Waals surface area contributed by atoms with Gasteiger partial charge in [-0.25, -0.2) is 0 Å². The summed E-state index contributed by atoms with van der Waals surface area (Å²) in [6.45, 7) is 1.72. The molecule has 0 saturated carbocycles. The topological polar surface area (TPSA) is 54.4 Å². The average Bonchev–Trinajstić information content (AvgIpc) is 2.19. The molecule has 0 bridgehead atoms. The van der Waals surface area contributed by atoms with Gasteiger partial charge in [0.15, 0.2) is 0 Å². The molecule has 1 aromatic carbocycles. The summed E-state index contributed by atoms with van der Waals surface area (Å²) in [4.78, 5) is 11.3. The Hall–Kier alpha value is -1.16. The monoisotopic (exact) mass is 212 g/mol. The molecule has 0 aromatic heterocycles. The minimum Gasteiger partial charge on any atom is -0.480 e. The summed E-state index contributed by atoms with van der Waals surface area (Å²) in [5.74, 6) is -1.00. The molecule has 2 atom stereocenters. The van der Waals surface area contributed by atoms with E-state index >= 15 is 0 Å². The van der Waals surface area contributed by atoms with Crippen molar-refractivity contribution in [1.82, 2.24) is 0 Å². The van der Waals surface area contributed by atoms with Crippen molar-refractivity contribution in [3.63, 3.8) is 0 Å².